The molecule has 0 aromatic heterocycles. The maximum Gasteiger partial charge on any atom is 0.167 e. The molecule has 0 saturated carbocycles. The summed E-state index contributed by atoms with van der Waals surface area (Å²) in [6.45, 7) is 4.19. The van der Waals surface area contributed by atoms with E-state index in [9.17, 15) is 4.79 Å². The third-order valence-corrected chi connectivity index (χ3v) is 1.65. The number of ketones is 1. The minimum absolute atomic E-state index is 0.103. The van der Waals surface area contributed by atoms with Crippen molar-refractivity contribution in [2.24, 2.45) is 5.92 Å². The fraction of sp³-hybridized carbons (Fsp3) is 0.444. The minimum Gasteiger partial charge on any atom is -0.294 e. The van der Waals surface area contributed by atoms with Crippen LogP contribution >= 0.6 is 0 Å². The number of rotatable bonds is 1. The normalized spacial score (nSPS) is 17.9. The highest BCUT2D eigenvalue weighted by atomic mass is 16.1. The van der Waals surface area contributed by atoms with Crippen LogP contribution in [0.5, 0.6) is 0 Å². The molecule has 10 heavy (non-hydrogen) atoms. The lowest BCUT2D eigenvalue weighted by Crippen LogP contribution is -2.04. The highest BCUT2D eigenvalue weighted by Gasteiger charge is 2.09. The minimum atomic E-state index is 0.103. The average Bonchev–Trinajstić information content (AvgIpc) is 1.88. The summed E-state index contributed by atoms with van der Waals surface area (Å²) in [6.07, 6.45) is 6.88. The van der Waals surface area contributed by atoms with Crippen LogP contribution in [-0.4, -0.2) is 5.78 Å². The van der Waals surface area contributed by atoms with Gasteiger partial charge in [-0.05, 0) is 5.92 Å². The average molecular weight is 135 g/mol. The summed E-state index contributed by atoms with van der Waals surface area (Å²) in [5.41, 5.74) is 1.21. The summed E-state index contributed by atoms with van der Waals surface area (Å²) < 4.78 is 0. The molecule has 1 nitrogen and oxygen atoms in total. The van der Waals surface area contributed by atoms with E-state index in [2.05, 4.69) is 19.9 Å². The highest BCUT2D eigenvalue weighted by Crippen LogP contribution is 2.16. The number of allylic oxidation sites excluding steroid dienone is 4. The number of Topliss-reactive ketones (excluding diaryl/α,β-unsaturated/α-hetero) is 1. The molecule has 0 unspecified atom stereocenters. The van der Waals surface area contributed by atoms with E-state index in [4.69, 9.17) is 0 Å². The van der Waals surface area contributed by atoms with Gasteiger partial charge in [0.1, 0.15) is 0 Å². The van der Waals surface area contributed by atoms with Gasteiger partial charge in [-0.3, -0.25) is 4.79 Å². The highest BCUT2D eigenvalue weighted by molar-refractivity contribution is 5.89. The van der Waals surface area contributed by atoms with Crippen LogP contribution in [-0.2, 0) is 4.79 Å². The number of carbonyl (C=O) groups is 1. The second-order valence-corrected chi connectivity index (χ2v) is 2.81. The molecule has 53 valence electrons. The summed E-state index contributed by atoms with van der Waals surface area (Å²) in [5, 5.41) is 0. The van der Waals surface area contributed by atoms with Gasteiger partial charge in [0.05, 0.1) is 0 Å². The summed E-state index contributed by atoms with van der Waals surface area (Å²) in [4.78, 5) is 10.8. The topological polar surface area (TPSA) is 17.1 Å². The molecule has 0 heterocycles. The van der Waals surface area contributed by atoms with E-state index < -0.39 is 0 Å². The molecule has 1 radical (unpaired) electrons. The standard InChI is InChI=1S/C9H11O/c1-7(2)8-4-3-5-9(10)6-8/h3-4,7H,6H2,1-2H3. The number of hydrogen-bond donors (Lipinski definition) is 0. The lowest BCUT2D eigenvalue weighted by molar-refractivity contribution is -0.114. The van der Waals surface area contributed by atoms with Crippen LogP contribution in [0.3, 0.4) is 0 Å². The zero-order valence-electron chi connectivity index (χ0n) is 6.35. The molecule has 1 aliphatic carbocycles. The maximum absolute atomic E-state index is 10.8. The first kappa shape index (κ1) is 7.26. The van der Waals surface area contributed by atoms with Gasteiger partial charge in [0.15, 0.2) is 5.78 Å². The Morgan fingerprint density at radius 2 is 2.30 bits per heavy atom. The van der Waals surface area contributed by atoms with Crippen LogP contribution in [0.2, 0.25) is 0 Å². The van der Waals surface area contributed by atoms with E-state index >= 15 is 0 Å². The van der Waals surface area contributed by atoms with Gasteiger partial charge in [0.25, 0.3) is 0 Å². The molecule has 1 rings (SSSR count). The van der Waals surface area contributed by atoms with Gasteiger partial charge in [-0.1, -0.05) is 31.6 Å². The van der Waals surface area contributed by atoms with Gasteiger partial charge >= 0.3 is 0 Å². The van der Waals surface area contributed by atoms with Crippen molar-refractivity contribution in [1.82, 2.24) is 0 Å². The number of carbonyl (C=O) groups excluding carboxylic acids is 1. The second-order valence-electron chi connectivity index (χ2n) is 2.81. The van der Waals surface area contributed by atoms with Crippen LogP contribution in [0.4, 0.5) is 0 Å². The zero-order chi connectivity index (χ0) is 7.56. The summed E-state index contributed by atoms with van der Waals surface area (Å²) >= 11 is 0. The van der Waals surface area contributed by atoms with E-state index in [-0.39, 0.29) is 5.78 Å². The Balaban J connectivity index is 2.70. The van der Waals surface area contributed by atoms with Crippen molar-refractivity contribution in [1.29, 1.82) is 0 Å². The largest absolute Gasteiger partial charge is 0.294 e. The van der Waals surface area contributed by atoms with Crippen molar-refractivity contribution < 1.29 is 4.79 Å². The van der Waals surface area contributed by atoms with Crippen molar-refractivity contribution in [3.63, 3.8) is 0 Å². The quantitative estimate of drug-likeness (QED) is 0.536. The first-order valence-corrected chi connectivity index (χ1v) is 3.52. The predicted molar refractivity (Wildman–Crippen MR) is 40.4 cm³/mol. The predicted octanol–water partition coefficient (Wildman–Crippen LogP) is 1.90. The van der Waals surface area contributed by atoms with E-state index in [1.54, 1.807) is 6.08 Å². The lowest BCUT2D eigenvalue weighted by atomic mass is 9.94. The van der Waals surface area contributed by atoms with Crippen molar-refractivity contribution in [3.05, 3.63) is 23.8 Å². The number of hydrogen-bond acceptors (Lipinski definition) is 1. The van der Waals surface area contributed by atoms with Gasteiger partial charge in [0.2, 0.25) is 0 Å². The van der Waals surface area contributed by atoms with Crippen molar-refractivity contribution in [2.45, 2.75) is 20.3 Å². The van der Waals surface area contributed by atoms with Crippen LogP contribution in [0.25, 0.3) is 0 Å². The van der Waals surface area contributed by atoms with Crippen LogP contribution in [0.1, 0.15) is 20.3 Å². The summed E-state index contributed by atoms with van der Waals surface area (Å²) in [7, 11) is 0. The summed E-state index contributed by atoms with van der Waals surface area (Å²) in [5.74, 6) is 0.591. The Morgan fingerprint density at radius 1 is 1.60 bits per heavy atom. The maximum atomic E-state index is 10.8. The summed E-state index contributed by atoms with van der Waals surface area (Å²) in [6, 6.07) is 0. The Bertz CT molecular complexity index is 197. The smallest absolute Gasteiger partial charge is 0.167 e. The molecule has 0 saturated heterocycles. The molecular weight excluding hydrogens is 124 g/mol. The zero-order valence-corrected chi connectivity index (χ0v) is 6.35. The van der Waals surface area contributed by atoms with E-state index in [1.165, 1.54) is 5.57 Å². The molecule has 0 aromatic rings. The van der Waals surface area contributed by atoms with Crippen LogP contribution < -0.4 is 0 Å². The molecule has 0 aromatic carbocycles. The van der Waals surface area contributed by atoms with Crippen LogP contribution in [0, 0.1) is 12.0 Å². The van der Waals surface area contributed by atoms with Crippen molar-refractivity contribution in [3.8, 4) is 0 Å². The Labute approximate surface area is 61.4 Å². The molecular formula is C9H11O. The Kier molecular flexibility index (Phi) is 2.05. The van der Waals surface area contributed by atoms with Crippen LogP contribution in [0.15, 0.2) is 17.7 Å². The lowest BCUT2D eigenvalue weighted by Gasteiger charge is -2.10. The third-order valence-electron chi connectivity index (χ3n) is 1.65. The fourth-order valence-electron chi connectivity index (χ4n) is 0.934. The van der Waals surface area contributed by atoms with Gasteiger partial charge in [-0.15, -0.1) is 0 Å². The molecule has 0 spiro atoms. The molecule has 0 N–H and O–H groups in total. The van der Waals surface area contributed by atoms with Crippen molar-refractivity contribution >= 4 is 5.78 Å². The molecule has 0 fully saturated rings. The monoisotopic (exact) mass is 135 g/mol. The third kappa shape index (κ3) is 1.56. The molecule has 1 heteroatoms. The molecule has 0 bridgehead atoms. The van der Waals surface area contributed by atoms with Gasteiger partial charge < -0.3 is 0 Å². The Hall–Kier alpha value is -0.850. The van der Waals surface area contributed by atoms with Crippen molar-refractivity contribution in [2.75, 3.05) is 0 Å². The van der Waals surface area contributed by atoms with Gasteiger partial charge in [-0.2, -0.15) is 0 Å². The van der Waals surface area contributed by atoms with E-state index in [1.807, 2.05) is 6.08 Å². The van der Waals surface area contributed by atoms with Gasteiger partial charge in [0, 0.05) is 12.5 Å². The first-order chi connectivity index (χ1) is 4.70. The first-order valence-electron chi connectivity index (χ1n) is 3.52. The second kappa shape index (κ2) is 2.82. The SMILES string of the molecule is CC(C)C1=CC=[C]C(=O)C1. The fourth-order valence-corrected chi connectivity index (χ4v) is 0.934. The Morgan fingerprint density at radius 3 is 2.70 bits per heavy atom. The molecule has 0 atom stereocenters. The molecule has 0 aliphatic heterocycles. The van der Waals surface area contributed by atoms with Gasteiger partial charge in [-0.25, -0.2) is 0 Å². The van der Waals surface area contributed by atoms with E-state index in [0.717, 1.165) is 0 Å². The van der Waals surface area contributed by atoms with E-state index in [0.29, 0.717) is 12.3 Å². The molecule has 1 aliphatic rings. The molecule has 0 amide bonds.